The zero-order valence-electron chi connectivity index (χ0n) is 11.8. The molecular formula is C16H25NO. The van der Waals surface area contributed by atoms with Crippen molar-refractivity contribution in [2.24, 2.45) is 5.73 Å². The van der Waals surface area contributed by atoms with Gasteiger partial charge in [-0.15, -0.1) is 6.58 Å². The number of nitrogens with two attached hydrogens (primary N) is 1. The highest BCUT2D eigenvalue weighted by Gasteiger charge is 2.08. The molecule has 0 radical (unpaired) electrons. The van der Waals surface area contributed by atoms with Gasteiger partial charge in [0.25, 0.3) is 0 Å². The first-order valence-corrected chi connectivity index (χ1v) is 6.67. The van der Waals surface area contributed by atoms with Crippen molar-refractivity contribution in [1.82, 2.24) is 0 Å². The first-order chi connectivity index (χ1) is 8.58. The lowest BCUT2D eigenvalue weighted by atomic mass is 9.99. The average molecular weight is 247 g/mol. The Morgan fingerprint density at radius 1 is 1.33 bits per heavy atom. The van der Waals surface area contributed by atoms with E-state index in [4.69, 9.17) is 10.5 Å². The van der Waals surface area contributed by atoms with Crippen LogP contribution in [-0.2, 0) is 6.42 Å². The molecule has 0 aromatic heterocycles. The van der Waals surface area contributed by atoms with E-state index in [2.05, 4.69) is 39.5 Å². The quantitative estimate of drug-likeness (QED) is 0.591. The second-order valence-electron chi connectivity index (χ2n) is 4.86. The maximum Gasteiger partial charge on any atom is 0.125 e. The van der Waals surface area contributed by atoms with Gasteiger partial charge in [-0.05, 0) is 49.8 Å². The Balaban J connectivity index is 2.80. The number of hydrogen-bond acceptors (Lipinski definition) is 2. The van der Waals surface area contributed by atoms with Crippen LogP contribution in [0.1, 0.15) is 36.5 Å². The molecule has 1 aromatic carbocycles. The zero-order valence-corrected chi connectivity index (χ0v) is 11.8. The predicted molar refractivity (Wildman–Crippen MR) is 78.2 cm³/mol. The molecule has 0 aliphatic carbocycles. The van der Waals surface area contributed by atoms with Crippen molar-refractivity contribution >= 4 is 0 Å². The minimum absolute atomic E-state index is 0.247. The lowest BCUT2D eigenvalue weighted by Gasteiger charge is -2.15. The molecule has 100 valence electrons. The van der Waals surface area contributed by atoms with Gasteiger partial charge in [0, 0.05) is 6.04 Å². The zero-order chi connectivity index (χ0) is 13.5. The third-order valence-electron chi connectivity index (χ3n) is 3.11. The molecular weight excluding hydrogens is 222 g/mol. The first-order valence-electron chi connectivity index (χ1n) is 6.67. The highest BCUT2D eigenvalue weighted by atomic mass is 16.5. The predicted octanol–water partition coefficient (Wildman–Crippen LogP) is 3.54. The van der Waals surface area contributed by atoms with E-state index in [0.29, 0.717) is 6.61 Å². The second-order valence-corrected chi connectivity index (χ2v) is 4.86. The van der Waals surface area contributed by atoms with E-state index < -0.39 is 0 Å². The van der Waals surface area contributed by atoms with Crippen LogP contribution in [-0.4, -0.2) is 12.6 Å². The third kappa shape index (κ3) is 4.19. The molecule has 2 heteroatoms. The molecule has 1 rings (SSSR count). The average Bonchev–Trinajstić information content (AvgIpc) is 2.32. The van der Waals surface area contributed by atoms with Gasteiger partial charge in [0.15, 0.2) is 0 Å². The van der Waals surface area contributed by atoms with Crippen LogP contribution in [0.25, 0.3) is 0 Å². The lowest BCUT2D eigenvalue weighted by Crippen LogP contribution is -2.21. The molecule has 2 N–H and O–H groups in total. The van der Waals surface area contributed by atoms with Crippen molar-refractivity contribution in [2.75, 3.05) is 6.61 Å². The van der Waals surface area contributed by atoms with Crippen LogP contribution < -0.4 is 10.5 Å². The summed E-state index contributed by atoms with van der Waals surface area (Å²) < 4.78 is 5.79. The molecule has 0 spiro atoms. The monoisotopic (exact) mass is 247 g/mol. The molecule has 18 heavy (non-hydrogen) atoms. The molecule has 0 saturated heterocycles. The van der Waals surface area contributed by atoms with E-state index in [1.165, 1.54) is 16.7 Å². The van der Waals surface area contributed by atoms with Gasteiger partial charge in [-0.1, -0.05) is 25.1 Å². The van der Waals surface area contributed by atoms with Crippen LogP contribution in [0.5, 0.6) is 5.75 Å². The summed E-state index contributed by atoms with van der Waals surface area (Å²) in [6.45, 7) is 10.7. The van der Waals surface area contributed by atoms with E-state index in [1.807, 2.05) is 6.08 Å². The minimum Gasteiger partial charge on any atom is -0.493 e. The summed E-state index contributed by atoms with van der Waals surface area (Å²) >= 11 is 0. The first kappa shape index (κ1) is 14.8. The Morgan fingerprint density at radius 2 is 1.94 bits per heavy atom. The summed E-state index contributed by atoms with van der Waals surface area (Å²) in [5, 5.41) is 0. The molecule has 0 amide bonds. The van der Waals surface area contributed by atoms with Crippen molar-refractivity contribution in [3.05, 3.63) is 41.5 Å². The molecule has 0 heterocycles. The normalized spacial score (nSPS) is 12.2. The van der Waals surface area contributed by atoms with E-state index in [-0.39, 0.29) is 6.04 Å². The number of benzene rings is 1. The Bertz CT molecular complexity index is 375. The van der Waals surface area contributed by atoms with Crippen LogP contribution in [0.4, 0.5) is 0 Å². The van der Waals surface area contributed by atoms with Gasteiger partial charge in [0.1, 0.15) is 5.75 Å². The van der Waals surface area contributed by atoms with Crippen molar-refractivity contribution in [3.63, 3.8) is 0 Å². The highest BCUT2D eigenvalue weighted by Crippen LogP contribution is 2.25. The summed E-state index contributed by atoms with van der Waals surface area (Å²) in [6.07, 6.45) is 4.70. The molecule has 0 aliphatic heterocycles. The highest BCUT2D eigenvalue weighted by molar-refractivity contribution is 5.43. The van der Waals surface area contributed by atoms with Crippen molar-refractivity contribution in [1.29, 1.82) is 0 Å². The fraction of sp³-hybridized carbons (Fsp3) is 0.500. The maximum atomic E-state index is 6.00. The summed E-state index contributed by atoms with van der Waals surface area (Å²) in [7, 11) is 0. The summed E-state index contributed by atoms with van der Waals surface area (Å²) in [5.41, 5.74) is 9.68. The van der Waals surface area contributed by atoms with Crippen LogP contribution >= 0.6 is 0 Å². The van der Waals surface area contributed by atoms with Crippen LogP contribution in [0.15, 0.2) is 24.8 Å². The van der Waals surface area contributed by atoms with E-state index in [0.717, 1.165) is 25.0 Å². The van der Waals surface area contributed by atoms with Crippen molar-refractivity contribution < 1.29 is 4.74 Å². The molecule has 1 unspecified atom stereocenters. The van der Waals surface area contributed by atoms with Crippen LogP contribution in [0.3, 0.4) is 0 Å². The largest absolute Gasteiger partial charge is 0.493 e. The van der Waals surface area contributed by atoms with Gasteiger partial charge in [0.2, 0.25) is 0 Å². The fourth-order valence-corrected chi connectivity index (χ4v) is 2.08. The van der Waals surface area contributed by atoms with E-state index in [9.17, 15) is 0 Å². The standard InChI is InChI=1S/C16H25NO/c1-5-7-8-18-16-12(3)9-14(10-13(16)4)11-15(17)6-2/h5,9-10,15H,1,6-8,11,17H2,2-4H3. The second kappa shape index (κ2) is 7.22. The topological polar surface area (TPSA) is 35.2 Å². The Hall–Kier alpha value is -1.28. The van der Waals surface area contributed by atoms with Gasteiger partial charge in [-0.2, -0.15) is 0 Å². The Labute approximate surface area is 111 Å². The summed E-state index contributed by atoms with van der Waals surface area (Å²) in [6, 6.07) is 4.62. The number of aryl methyl sites for hydroxylation is 2. The van der Waals surface area contributed by atoms with E-state index in [1.54, 1.807) is 0 Å². The minimum atomic E-state index is 0.247. The Kier molecular flexibility index (Phi) is 5.93. The fourth-order valence-electron chi connectivity index (χ4n) is 2.08. The molecule has 0 bridgehead atoms. The number of rotatable bonds is 7. The van der Waals surface area contributed by atoms with Crippen LogP contribution in [0.2, 0.25) is 0 Å². The van der Waals surface area contributed by atoms with Crippen LogP contribution in [0, 0.1) is 13.8 Å². The van der Waals surface area contributed by atoms with Gasteiger partial charge < -0.3 is 10.5 Å². The van der Waals surface area contributed by atoms with E-state index >= 15 is 0 Å². The Morgan fingerprint density at radius 3 is 2.44 bits per heavy atom. The maximum absolute atomic E-state index is 6.00. The lowest BCUT2D eigenvalue weighted by molar-refractivity contribution is 0.320. The molecule has 1 aromatic rings. The summed E-state index contributed by atoms with van der Waals surface area (Å²) in [4.78, 5) is 0. The molecule has 0 fully saturated rings. The number of hydrogen-bond donors (Lipinski definition) is 1. The van der Waals surface area contributed by atoms with Gasteiger partial charge >= 0.3 is 0 Å². The van der Waals surface area contributed by atoms with Gasteiger partial charge in [0.05, 0.1) is 6.61 Å². The van der Waals surface area contributed by atoms with Gasteiger partial charge in [-0.25, -0.2) is 0 Å². The number of ether oxygens (including phenoxy) is 1. The third-order valence-corrected chi connectivity index (χ3v) is 3.11. The molecule has 0 saturated carbocycles. The SMILES string of the molecule is C=CCCOc1c(C)cc(CC(N)CC)cc1C. The molecule has 1 atom stereocenters. The molecule has 0 aliphatic rings. The summed E-state index contributed by atoms with van der Waals surface area (Å²) in [5.74, 6) is 1.01. The van der Waals surface area contributed by atoms with Crippen molar-refractivity contribution in [2.45, 2.75) is 46.1 Å². The van der Waals surface area contributed by atoms with Crippen molar-refractivity contribution in [3.8, 4) is 5.75 Å². The smallest absolute Gasteiger partial charge is 0.125 e. The van der Waals surface area contributed by atoms with Gasteiger partial charge in [-0.3, -0.25) is 0 Å². The molecule has 2 nitrogen and oxygen atoms in total.